The Labute approximate surface area is 77.6 Å². The maximum absolute atomic E-state index is 5.82. The van der Waals surface area contributed by atoms with Gasteiger partial charge >= 0.3 is 0 Å². The van der Waals surface area contributed by atoms with Gasteiger partial charge in [0.25, 0.3) is 0 Å². The van der Waals surface area contributed by atoms with Gasteiger partial charge in [0.05, 0.1) is 7.11 Å². The van der Waals surface area contributed by atoms with Crippen LogP contribution in [0.5, 0.6) is 5.75 Å². The zero-order chi connectivity index (χ0) is 8.97. The number of rotatable bonds is 3. The van der Waals surface area contributed by atoms with E-state index in [9.17, 15) is 0 Å². The molecule has 0 aliphatic carbocycles. The van der Waals surface area contributed by atoms with Crippen molar-refractivity contribution in [1.82, 2.24) is 0 Å². The second-order valence-electron chi connectivity index (χ2n) is 2.45. The first-order valence-corrected chi connectivity index (χ1v) is 4.09. The van der Waals surface area contributed by atoms with Crippen LogP contribution in [0.15, 0.2) is 30.9 Å². The fourth-order valence-electron chi connectivity index (χ4n) is 1.06. The molecule has 0 fully saturated rings. The van der Waals surface area contributed by atoms with Gasteiger partial charge in [-0.05, 0) is 30.2 Å². The lowest BCUT2D eigenvalue weighted by molar-refractivity contribution is 0.411. The minimum Gasteiger partial charge on any atom is -0.496 e. The number of hydrogen-bond acceptors (Lipinski definition) is 1. The van der Waals surface area contributed by atoms with Crippen LogP contribution in [0.4, 0.5) is 0 Å². The quantitative estimate of drug-likeness (QED) is 0.653. The molecule has 0 bridgehead atoms. The van der Waals surface area contributed by atoms with Gasteiger partial charge in [0.1, 0.15) is 5.75 Å². The normalized spacial score (nSPS) is 9.50. The summed E-state index contributed by atoms with van der Waals surface area (Å²) in [6.07, 6.45) is 2.61. The molecule has 0 amide bonds. The maximum Gasteiger partial charge on any atom is 0.122 e. The molecular formula is C10H11ClO. The van der Waals surface area contributed by atoms with Gasteiger partial charge in [-0.2, -0.15) is 0 Å². The van der Waals surface area contributed by atoms with Gasteiger partial charge in [-0.15, -0.1) is 6.58 Å². The Balaban J connectivity index is 3.03. The molecule has 1 nitrogen and oxygen atoms in total. The van der Waals surface area contributed by atoms with E-state index in [1.54, 1.807) is 7.11 Å². The van der Waals surface area contributed by atoms with Crippen molar-refractivity contribution in [1.29, 1.82) is 0 Å². The summed E-state index contributed by atoms with van der Waals surface area (Å²) in [5.74, 6) is 0.860. The lowest BCUT2D eigenvalue weighted by Crippen LogP contribution is -1.89. The molecule has 12 heavy (non-hydrogen) atoms. The van der Waals surface area contributed by atoms with Crippen molar-refractivity contribution in [2.24, 2.45) is 0 Å². The number of hydrogen-bond donors (Lipinski definition) is 0. The molecule has 0 radical (unpaired) electrons. The summed E-state index contributed by atoms with van der Waals surface area (Å²) in [5, 5.41) is 0.729. The van der Waals surface area contributed by atoms with E-state index in [-0.39, 0.29) is 0 Å². The van der Waals surface area contributed by atoms with Crippen LogP contribution < -0.4 is 4.74 Å². The van der Waals surface area contributed by atoms with Crippen LogP contribution in [-0.2, 0) is 6.42 Å². The van der Waals surface area contributed by atoms with Gasteiger partial charge in [-0.1, -0.05) is 17.7 Å². The summed E-state index contributed by atoms with van der Waals surface area (Å²) >= 11 is 5.82. The summed E-state index contributed by atoms with van der Waals surface area (Å²) in [6, 6.07) is 5.57. The van der Waals surface area contributed by atoms with Crippen molar-refractivity contribution in [2.75, 3.05) is 7.11 Å². The Hall–Kier alpha value is -0.950. The van der Waals surface area contributed by atoms with Crippen LogP contribution in [0.2, 0.25) is 5.02 Å². The van der Waals surface area contributed by atoms with E-state index in [1.807, 2.05) is 24.3 Å². The third-order valence-corrected chi connectivity index (χ3v) is 1.84. The molecular weight excluding hydrogens is 172 g/mol. The molecule has 0 atom stereocenters. The molecule has 1 rings (SSSR count). The topological polar surface area (TPSA) is 9.23 Å². The van der Waals surface area contributed by atoms with Crippen LogP contribution >= 0.6 is 11.6 Å². The van der Waals surface area contributed by atoms with E-state index in [4.69, 9.17) is 16.3 Å². The first-order chi connectivity index (χ1) is 5.77. The molecule has 0 aliphatic heterocycles. The Morgan fingerprint density at radius 3 is 2.92 bits per heavy atom. The molecule has 0 aliphatic rings. The Morgan fingerprint density at radius 2 is 2.33 bits per heavy atom. The van der Waals surface area contributed by atoms with Crippen LogP contribution in [0.1, 0.15) is 5.56 Å². The minimum atomic E-state index is 0.729. The highest BCUT2D eigenvalue weighted by Gasteiger charge is 2.00. The average molecular weight is 183 g/mol. The molecule has 0 saturated carbocycles. The summed E-state index contributed by atoms with van der Waals surface area (Å²) in [6.45, 7) is 3.66. The highest BCUT2D eigenvalue weighted by molar-refractivity contribution is 6.30. The molecule has 0 N–H and O–H groups in total. The molecule has 1 aromatic carbocycles. The van der Waals surface area contributed by atoms with E-state index >= 15 is 0 Å². The van der Waals surface area contributed by atoms with Gasteiger partial charge in [-0.25, -0.2) is 0 Å². The van der Waals surface area contributed by atoms with Crippen molar-refractivity contribution in [3.63, 3.8) is 0 Å². The summed E-state index contributed by atoms with van der Waals surface area (Å²) < 4.78 is 5.15. The minimum absolute atomic E-state index is 0.729. The molecule has 0 aromatic heterocycles. The zero-order valence-electron chi connectivity index (χ0n) is 7.01. The first kappa shape index (κ1) is 9.14. The Bertz CT molecular complexity index is 281. The molecule has 0 heterocycles. The van der Waals surface area contributed by atoms with E-state index in [0.717, 1.165) is 22.8 Å². The van der Waals surface area contributed by atoms with Crippen LogP contribution in [-0.4, -0.2) is 7.11 Å². The third kappa shape index (κ3) is 2.02. The standard InChI is InChI=1S/C10H11ClO/c1-3-4-8-7-9(11)5-6-10(8)12-2/h3,5-7H,1,4H2,2H3. The Morgan fingerprint density at radius 1 is 1.58 bits per heavy atom. The third-order valence-electron chi connectivity index (χ3n) is 1.61. The highest BCUT2D eigenvalue weighted by atomic mass is 35.5. The SMILES string of the molecule is C=CCc1cc(Cl)ccc1OC. The van der Waals surface area contributed by atoms with E-state index in [1.165, 1.54) is 0 Å². The van der Waals surface area contributed by atoms with E-state index in [0.29, 0.717) is 0 Å². The van der Waals surface area contributed by atoms with Crippen LogP contribution in [0.25, 0.3) is 0 Å². The van der Waals surface area contributed by atoms with Crippen molar-refractivity contribution < 1.29 is 4.74 Å². The smallest absolute Gasteiger partial charge is 0.122 e. The fourth-order valence-corrected chi connectivity index (χ4v) is 1.26. The molecule has 0 saturated heterocycles. The molecule has 64 valence electrons. The van der Waals surface area contributed by atoms with Crippen molar-refractivity contribution >= 4 is 11.6 Å². The fraction of sp³-hybridized carbons (Fsp3) is 0.200. The van der Waals surface area contributed by atoms with Gasteiger partial charge in [0.2, 0.25) is 0 Å². The molecule has 0 unspecified atom stereocenters. The number of allylic oxidation sites excluding steroid dienone is 1. The maximum atomic E-state index is 5.82. The highest BCUT2D eigenvalue weighted by Crippen LogP contribution is 2.22. The van der Waals surface area contributed by atoms with Crippen LogP contribution in [0, 0.1) is 0 Å². The van der Waals surface area contributed by atoms with Gasteiger partial charge < -0.3 is 4.74 Å². The average Bonchev–Trinajstić information content (AvgIpc) is 2.05. The summed E-state index contributed by atoms with van der Waals surface area (Å²) in [4.78, 5) is 0. The summed E-state index contributed by atoms with van der Waals surface area (Å²) in [5.41, 5.74) is 1.07. The lowest BCUT2D eigenvalue weighted by Gasteiger charge is -2.05. The predicted molar refractivity (Wildman–Crippen MR) is 51.9 cm³/mol. The van der Waals surface area contributed by atoms with Crippen molar-refractivity contribution in [3.05, 3.63) is 41.4 Å². The second-order valence-corrected chi connectivity index (χ2v) is 2.89. The summed E-state index contributed by atoms with van der Waals surface area (Å²) in [7, 11) is 1.65. The number of halogens is 1. The van der Waals surface area contributed by atoms with Gasteiger partial charge in [0, 0.05) is 5.02 Å². The number of ether oxygens (including phenoxy) is 1. The van der Waals surface area contributed by atoms with Crippen molar-refractivity contribution in [2.45, 2.75) is 6.42 Å². The molecule has 2 heteroatoms. The van der Waals surface area contributed by atoms with Gasteiger partial charge in [0.15, 0.2) is 0 Å². The van der Waals surface area contributed by atoms with E-state index < -0.39 is 0 Å². The largest absolute Gasteiger partial charge is 0.496 e. The van der Waals surface area contributed by atoms with Crippen LogP contribution in [0.3, 0.4) is 0 Å². The number of benzene rings is 1. The first-order valence-electron chi connectivity index (χ1n) is 3.71. The molecule has 1 aromatic rings. The Kier molecular flexibility index (Phi) is 3.18. The van der Waals surface area contributed by atoms with Gasteiger partial charge in [-0.3, -0.25) is 0 Å². The van der Waals surface area contributed by atoms with Crippen molar-refractivity contribution in [3.8, 4) is 5.75 Å². The molecule has 0 spiro atoms. The lowest BCUT2D eigenvalue weighted by atomic mass is 10.1. The monoisotopic (exact) mass is 182 g/mol. The second kappa shape index (κ2) is 4.17. The number of methoxy groups -OCH3 is 1. The zero-order valence-corrected chi connectivity index (χ0v) is 7.77. The van der Waals surface area contributed by atoms with E-state index in [2.05, 4.69) is 6.58 Å². The predicted octanol–water partition coefficient (Wildman–Crippen LogP) is 3.08.